The molecule has 0 N–H and O–H groups in total. The average Bonchev–Trinajstić information content (AvgIpc) is 2.79. The normalized spacial score (nSPS) is 13.4. The zero-order chi connectivity index (χ0) is 12.5. The van der Waals surface area contributed by atoms with Crippen LogP contribution in [0.15, 0.2) is 18.2 Å². The molecule has 0 unspecified atom stereocenters. The molecule has 0 atom stereocenters. The maximum absolute atomic E-state index is 10.8. The lowest BCUT2D eigenvalue weighted by Crippen LogP contribution is -2.15. The largest absolute Gasteiger partial charge is 0.486 e. The van der Waals surface area contributed by atoms with Gasteiger partial charge in [0.1, 0.15) is 23.9 Å². The number of fused-ring (bicyclic) bond motifs is 1. The van der Waals surface area contributed by atoms with Crippen molar-refractivity contribution in [3.8, 4) is 22.1 Å². The Bertz CT molecular complexity index is 606. The molecule has 2 heterocycles. The highest BCUT2D eigenvalue weighted by Crippen LogP contribution is 2.36. The quantitative estimate of drug-likeness (QED) is 0.780. The molecule has 92 valence electrons. The van der Waals surface area contributed by atoms with E-state index >= 15 is 0 Å². The maximum atomic E-state index is 10.8. The van der Waals surface area contributed by atoms with Gasteiger partial charge in [-0.05, 0) is 25.1 Å². The molecular weight excluding hydrogens is 250 g/mol. The van der Waals surface area contributed by atoms with Crippen LogP contribution in [0.4, 0.5) is 0 Å². The van der Waals surface area contributed by atoms with Crippen molar-refractivity contribution in [2.45, 2.75) is 6.92 Å². The molecule has 18 heavy (non-hydrogen) atoms. The second-order valence-corrected chi connectivity index (χ2v) is 5.14. The van der Waals surface area contributed by atoms with Gasteiger partial charge in [-0.25, -0.2) is 4.98 Å². The van der Waals surface area contributed by atoms with Gasteiger partial charge in [-0.3, -0.25) is 4.79 Å². The van der Waals surface area contributed by atoms with Crippen molar-refractivity contribution in [2.75, 3.05) is 13.2 Å². The number of rotatable bonds is 2. The number of hydrogen-bond acceptors (Lipinski definition) is 5. The Morgan fingerprint density at radius 3 is 2.78 bits per heavy atom. The SMILES string of the molecule is Cc1sc(-c2ccc3c(c2)OCCO3)nc1C=O. The highest BCUT2D eigenvalue weighted by Gasteiger charge is 2.15. The summed E-state index contributed by atoms with van der Waals surface area (Å²) in [6.07, 6.45) is 0.785. The summed E-state index contributed by atoms with van der Waals surface area (Å²) >= 11 is 1.50. The molecule has 0 saturated carbocycles. The summed E-state index contributed by atoms with van der Waals surface area (Å²) in [7, 11) is 0. The van der Waals surface area contributed by atoms with Gasteiger partial charge >= 0.3 is 0 Å². The summed E-state index contributed by atoms with van der Waals surface area (Å²) in [6.45, 7) is 3.04. The second kappa shape index (κ2) is 4.42. The zero-order valence-electron chi connectivity index (χ0n) is 9.80. The van der Waals surface area contributed by atoms with Crippen molar-refractivity contribution in [2.24, 2.45) is 0 Å². The average molecular weight is 261 g/mol. The van der Waals surface area contributed by atoms with E-state index in [1.54, 1.807) is 0 Å². The number of carbonyl (C=O) groups is 1. The van der Waals surface area contributed by atoms with E-state index in [4.69, 9.17) is 9.47 Å². The summed E-state index contributed by atoms with van der Waals surface area (Å²) in [5, 5.41) is 0.826. The van der Waals surface area contributed by atoms with Gasteiger partial charge in [0.25, 0.3) is 0 Å². The van der Waals surface area contributed by atoms with Crippen LogP contribution in [0.25, 0.3) is 10.6 Å². The van der Waals surface area contributed by atoms with Crippen molar-refractivity contribution in [3.05, 3.63) is 28.8 Å². The molecule has 1 aromatic carbocycles. The summed E-state index contributed by atoms with van der Waals surface area (Å²) < 4.78 is 11.0. The maximum Gasteiger partial charge on any atom is 0.169 e. The van der Waals surface area contributed by atoms with Gasteiger partial charge in [-0.15, -0.1) is 11.3 Å². The van der Waals surface area contributed by atoms with E-state index in [9.17, 15) is 4.79 Å². The molecule has 4 nitrogen and oxygen atoms in total. The van der Waals surface area contributed by atoms with Crippen LogP contribution in [0.3, 0.4) is 0 Å². The predicted molar refractivity (Wildman–Crippen MR) is 68.7 cm³/mol. The van der Waals surface area contributed by atoms with Gasteiger partial charge in [0, 0.05) is 10.4 Å². The Labute approximate surface area is 108 Å². The number of thiazole rings is 1. The standard InChI is InChI=1S/C13H11NO3S/c1-8-10(7-15)14-13(18-8)9-2-3-11-12(6-9)17-5-4-16-11/h2-3,6-7H,4-5H2,1H3. The monoisotopic (exact) mass is 261 g/mol. The van der Waals surface area contributed by atoms with Crippen LogP contribution in [0.5, 0.6) is 11.5 Å². The minimum Gasteiger partial charge on any atom is -0.486 e. The highest BCUT2D eigenvalue weighted by molar-refractivity contribution is 7.15. The summed E-state index contributed by atoms with van der Waals surface area (Å²) in [5.41, 5.74) is 1.45. The van der Waals surface area contributed by atoms with Gasteiger partial charge in [0.05, 0.1) is 0 Å². The fourth-order valence-corrected chi connectivity index (χ4v) is 2.69. The lowest BCUT2D eigenvalue weighted by atomic mass is 10.2. The smallest absolute Gasteiger partial charge is 0.169 e. The molecular formula is C13H11NO3S. The van der Waals surface area contributed by atoms with E-state index in [-0.39, 0.29) is 0 Å². The van der Waals surface area contributed by atoms with Crippen molar-refractivity contribution in [1.82, 2.24) is 4.98 Å². The number of hydrogen-bond donors (Lipinski definition) is 0. The fourth-order valence-electron chi connectivity index (χ4n) is 1.82. The number of aldehydes is 1. The van der Waals surface area contributed by atoms with E-state index in [0.29, 0.717) is 18.9 Å². The minimum atomic E-state index is 0.505. The van der Waals surface area contributed by atoms with Crippen molar-refractivity contribution in [3.63, 3.8) is 0 Å². The summed E-state index contributed by atoms with van der Waals surface area (Å²) in [6, 6.07) is 5.71. The third-order valence-corrected chi connectivity index (χ3v) is 3.77. The lowest BCUT2D eigenvalue weighted by Gasteiger charge is -2.18. The van der Waals surface area contributed by atoms with E-state index in [2.05, 4.69) is 4.98 Å². The molecule has 5 heteroatoms. The lowest BCUT2D eigenvalue weighted by molar-refractivity contribution is 0.111. The van der Waals surface area contributed by atoms with Crippen molar-refractivity contribution >= 4 is 17.6 Å². The fraction of sp³-hybridized carbons (Fsp3) is 0.231. The first kappa shape index (κ1) is 11.2. The Morgan fingerprint density at radius 2 is 2.06 bits per heavy atom. The number of aryl methyl sites for hydroxylation is 1. The minimum absolute atomic E-state index is 0.505. The van der Waals surface area contributed by atoms with Gasteiger partial charge in [0.15, 0.2) is 17.8 Å². The van der Waals surface area contributed by atoms with E-state index in [1.165, 1.54) is 11.3 Å². The molecule has 0 aliphatic carbocycles. The molecule has 2 aromatic rings. The molecule has 1 aliphatic heterocycles. The molecule has 0 radical (unpaired) electrons. The number of benzene rings is 1. The zero-order valence-corrected chi connectivity index (χ0v) is 10.6. The van der Waals surface area contributed by atoms with Gasteiger partial charge in [-0.2, -0.15) is 0 Å². The first-order valence-corrected chi connectivity index (χ1v) is 6.42. The van der Waals surface area contributed by atoms with Crippen LogP contribution in [0.1, 0.15) is 15.4 Å². The van der Waals surface area contributed by atoms with Crippen molar-refractivity contribution < 1.29 is 14.3 Å². The summed E-state index contributed by atoms with van der Waals surface area (Å²) in [4.78, 5) is 16.0. The van der Waals surface area contributed by atoms with Gasteiger partial charge < -0.3 is 9.47 Å². The van der Waals surface area contributed by atoms with E-state index < -0.39 is 0 Å². The van der Waals surface area contributed by atoms with Crippen LogP contribution in [0, 0.1) is 6.92 Å². The highest BCUT2D eigenvalue weighted by atomic mass is 32.1. The third kappa shape index (κ3) is 1.86. The van der Waals surface area contributed by atoms with Crippen LogP contribution in [-0.2, 0) is 0 Å². The van der Waals surface area contributed by atoms with Gasteiger partial charge in [0.2, 0.25) is 0 Å². The number of aromatic nitrogens is 1. The summed E-state index contributed by atoms with van der Waals surface area (Å²) in [5.74, 6) is 1.49. The predicted octanol–water partition coefficient (Wildman–Crippen LogP) is 2.70. The van der Waals surface area contributed by atoms with Crippen LogP contribution >= 0.6 is 11.3 Å². The molecule has 0 bridgehead atoms. The molecule has 0 spiro atoms. The number of carbonyl (C=O) groups excluding carboxylic acids is 1. The molecule has 0 amide bonds. The molecule has 3 rings (SSSR count). The first-order chi connectivity index (χ1) is 8.78. The van der Waals surface area contributed by atoms with E-state index in [0.717, 1.165) is 33.2 Å². The van der Waals surface area contributed by atoms with Crippen LogP contribution in [-0.4, -0.2) is 24.5 Å². The molecule has 1 aromatic heterocycles. The Morgan fingerprint density at radius 1 is 1.28 bits per heavy atom. The van der Waals surface area contributed by atoms with E-state index in [1.807, 2.05) is 25.1 Å². The van der Waals surface area contributed by atoms with Gasteiger partial charge in [-0.1, -0.05) is 0 Å². The third-order valence-electron chi connectivity index (χ3n) is 2.73. The molecule has 0 saturated heterocycles. The topological polar surface area (TPSA) is 48.4 Å². The Hall–Kier alpha value is -1.88. The molecule has 1 aliphatic rings. The second-order valence-electron chi connectivity index (χ2n) is 3.94. The molecule has 0 fully saturated rings. The first-order valence-electron chi connectivity index (χ1n) is 5.60. The van der Waals surface area contributed by atoms with Crippen LogP contribution < -0.4 is 9.47 Å². The Balaban J connectivity index is 2.03. The number of ether oxygens (including phenoxy) is 2. The van der Waals surface area contributed by atoms with Crippen LogP contribution in [0.2, 0.25) is 0 Å². The van der Waals surface area contributed by atoms with Crippen molar-refractivity contribution in [1.29, 1.82) is 0 Å². The Kier molecular flexibility index (Phi) is 2.76. The number of nitrogens with zero attached hydrogens (tertiary/aromatic N) is 1.